The second-order valence-corrected chi connectivity index (χ2v) is 34.5. The van der Waals surface area contributed by atoms with Gasteiger partial charge in [-0.3, -0.25) is 0 Å². The van der Waals surface area contributed by atoms with E-state index in [-0.39, 0.29) is 0 Å². The van der Waals surface area contributed by atoms with Crippen molar-refractivity contribution in [3.8, 4) is 72.7 Å². The molecule has 0 saturated carbocycles. The van der Waals surface area contributed by atoms with Crippen LogP contribution in [-0.2, 0) is 0 Å². The molecule has 0 unspecified atom stereocenters. The van der Waals surface area contributed by atoms with Gasteiger partial charge in [0.15, 0.2) is 17.1 Å². The molecule has 0 aliphatic rings. The summed E-state index contributed by atoms with van der Waals surface area (Å²) in [4.78, 5) is 11.2. The summed E-state index contributed by atoms with van der Waals surface area (Å²) in [6.45, 7) is 22.8. The van der Waals surface area contributed by atoms with Gasteiger partial charge in [0.1, 0.15) is 0 Å². The summed E-state index contributed by atoms with van der Waals surface area (Å²) in [7, 11) is 0. The first-order valence-electron chi connectivity index (χ1n) is 45.0. The van der Waals surface area contributed by atoms with E-state index >= 15 is 0 Å². The average Bonchev–Trinajstić information content (AvgIpc) is 1.72. The summed E-state index contributed by atoms with van der Waals surface area (Å²) in [5.41, 5.74) is 24.1. The highest BCUT2D eigenvalue weighted by Crippen LogP contribution is 2.50. The lowest BCUT2D eigenvalue weighted by Gasteiger charge is -2.17. The molecule has 3 aromatic heterocycles. The molecule has 27 aromatic rings. The summed E-state index contributed by atoms with van der Waals surface area (Å²) in [5, 5.41) is 31.8. The minimum atomic E-state index is 0.652. The van der Waals surface area contributed by atoms with Gasteiger partial charge < -0.3 is 13.7 Å². The minimum Gasteiger partial charge on any atom is -0.309 e. The van der Waals surface area contributed by atoms with Gasteiger partial charge in [-0.15, -0.1) is 0 Å². The van der Waals surface area contributed by atoms with Gasteiger partial charge in [0, 0.05) is 33.2 Å². The van der Waals surface area contributed by atoms with Gasteiger partial charge in [0.2, 0.25) is 0 Å². The maximum atomic E-state index is 7.66. The Hall–Kier alpha value is -18.3. The first-order chi connectivity index (χ1) is 65.8. The fourth-order valence-electron chi connectivity index (χ4n) is 21.3. The Labute approximate surface area is 766 Å². The van der Waals surface area contributed by atoms with Crippen LogP contribution in [0.25, 0.3) is 260 Å². The summed E-state index contributed by atoms with van der Waals surface area (Å²) in [6.07, 6.45) is 0. The quantitative estimate of drug-likeness (QED) is 0.107. The molecule has 27 rings (SSSR count). The molecular weight excluding hydrogens is 1610 g/mol. The highest BCUT2D eigenvalue weighted by Gasteiger charge is 2.24. The van der Waals surface area contributed by atoms with Crippen molar-refractivity contribution in [1.82, 2.24) is 13.7 Å². The van der Waals surface area contributed by atoms with E-state index in [1.807, 2.05) is 42.5 Å². The maximum Gasteiger partial charge on any atom is 0.188 e. The van der Waals surface area contributed by atoms with Gasteiger partial charge in [0.25, 0.3) is 0 Å². The van der Waals surface area contributed by atoms with Gasteiger partial charge in [-0.2, -0.15) is 0 Å². The van der Waals surface area contributed by atoms with Crippen molar-refractivity contribution in [2.75, 3.05) is 0 Å². The third kappa shape index (κ3) is 12.8. The van der Waals surface area contributed by atoms with Gasteiger partial charge >= 0.3 is 0 Å². The summed E-state index contributed by atoms with van der Waals surface area (Å²) < 4.78 is 6.98. The van der Waals surface area contributed by atoms with Crippen LogP contribution < -0.4 is 0 Å². The molecule has 0 N–H and O–H groups in total. The number of fused-ring (bicyclic) bond motifs is 25. The standard InChI is InChI=1S/C47H28N2.C43H26N2.C37H22N2/c1-48-32-23-25-46-45(27-32)40-24-22-31(26-47(40)49(46)33-14-3-2-4-15-33)41-28-43-39-20-10-9-19-38(39)42(29-44(43)37-18-8-7-17-36(37)41)35-21-11-13-30-12-5-6-16-34(30)35;1-44-30-21-23-42-41(25-30)36-22-20-29(24-43(36)45(42)31-14-6-3-7-15-31)38-27-40-34-18-10-8-16-32(34)37(28-12-4-2-5-13-28)26-39(40)35-19-11-9-17-33(35)38;1-38-26-17-20-36-35(22-26)32-19-16-25(21-37(32)39(36)27-10-3-2-4-11-27)33-23-34-28-12-6-5-9-24(28)15-18-31(34)29-13-7-8-14-30(29)33/h2-29H;2-27H;2-23H. The van der Waals surface area contributed by atoms with Crippen LogP contribution >= 0.6 is 0 Å². The fourth-order valence-corrected chi connectivity index (χ4v) is 21.3. The van der Waals surface area contributed by atoms with E-state index in [1.165, 1.54) is 163 Å². The van der Waals surface area contributed by atoms with Crippen molar-refractivity contribution in [2.45, 2.75) is 0 Å². The Morgan fingerprint density at radius 3 is 0.767 bits per heavy atom. The van der Waals surface area contributed by atoms with Crippen LogP contribution in [0, 0.1) is 19.7 Å². The molecular formula is C127H76N6. The molecule has 24 aromatic carbocycles. The molecule has 0 saturated heterocycles. The third-order valence-corrected chi connectivity index (χ3v) is 27.3. The zero-order valence-corrected chi connectivity index (χ0v) is 72.1. The second-order valence-electron chi connectivity index (χ2n) is 34.5. The van der Waals surface area contributed by atoms with Gasteiger partial charge in [0.05, 0.1) is 52.8 Å². The molecule has 0 fully saturated rings. The Kier molecular flexibility index (Phi) is 18.4. The van der Waals surface area contributed by atoms with Crippen molar-refractivity contribution >= 4 is 190 Å². The van der Waals surface area contributed by atoms with Gasteiger partial charge in [-0.25, -0.2) is 14.5 Å². The largest absolute Gasteiger partial charge is 0.309 e. The van der Waals surface area contributed by atoms with E-state index in [9.17, 15) is 0 Å². The highest BCUT2D eigenvalue weighted by atomic mass is 15.0. The predicted octanol–water partition coefficient (Wildman–Crippen LogP) is 35.9. The molecule has 0 atom stereocenters. The van der Waals surface area contributed by atoms with Crippen molar-refractivity contribution in [2.24, 2.45) is 0 Å². The number of hydrogen-bond donors (Lipinski definition) is 0. The summed E-state index contributed by atoms with van der Waals surface area (Å²) >= 11 is 0. The Morgan fingerprint density at radius 1 is 0.135 bits per heavy atom. The molecule has 0 bridgehead atoms. The molecule has 133 heavy (non-hydrogen) atoms. The Bertz CT molecular complexity index is 9670. The lowest BCUT2D eigenvalue weighted by Crippen LogP contribution is -1.93. The Balaban J connectivity index is 0.000000108. The lowest BCUT2D eigenvalue weighted by molar-refractivity contribution is 1.18. The van der Waals surface area contributed by atoms with Gasteiger partial charge in [-0.05, 0) is 301 Å². The van der Waals surface area contributed by atoms with Crippen molar-refractivity contribution in [3.63, 3.8) is 0 Å². The van der Waals surface area contributed by atoms with Crippen LogP contribution in [0.4, 0.5) is 17.1 Å². The van der Waals surface area contributed by atoms with E-state index in [2.05, 4.69) is 447 Å². The molecule has 614 valence electrons. The van der Waals surface area contributed by atoms with Crippen LogP contribution in [0.15, 0.2) is 461 Å². The predicted molar refractivity (Wildman–Crippen MR) is 563 cm³/mol. The van der Waals surface area contributed by atoms with Crippen molar-refractivity contribution < 1.29 is 0 Å². The van der Waals surface area contributed by atoms with E-state index in [0.29, 0.717) is 17.1 Å². The van der Waals surface area contributed by atoms with E-state index in [0.717, 1.165) is 82.5 Å². The molecule has 0 aliphatic heterocycles. The van der Waals surface area contributed by atoms with Crippen molar-refractivity contribution in [1.29, 1.82) is 0 Å². The number of hydrogen-bond acceptors (Lipinski definition) is 0. The molecule has 6 nitrogen and oxygen atoms in total. The number of aromatic nitrogens is 3. The summed E-state index contributed by atoms with van der Waals surface area (Å²) in [6, 6.07) is 165. The third-order valence-electron chi connectivity index (χ3n) is 27.3. The fraction of sp³-hybridized carbons (Fsp3) is 0. The van der Waals surface area contributed by atoms with E-state index < -0.39 is 0 Å². The zero-order valence-electron chi connectivity index (χ0n) is 72.1. The van der Waals surface area contributed by atoms with E-state index in [1.54, 1.807) is 0 Å². The number of rotatable bonds is 8. The topological polar surface area (TPSA) is 27.9 Å². The first kappa shape index (κ1) is 77.1. The van der Waals surface area contributed by atoms with Crippen LogP contribution in [-0.4, -0.2) is 13.7 Å². The Morgan fingerprint density at radius 2 is 0.398 bits per heavy atom. The molecule has 3 heterocycles. The maximum absolute atomic E-state index is 7.66. The normalized spacial score (nSPS) is 11.6. The smallest absolute Gasteiger partial charge is 0.188 e. The molecule has 0 spiro atoms. The highest BCUT2D eigenvalue weighted by molar-refractivity contribution is 6.28. The molecule has 0 aliphatic carbocycles. The first-order valence-corrected chi connectivity index (χ1v) is 45.0. The average molecular weight is 1690 g/mol. The number of benzene rings is 24. The molecule has 6 heteroatoms. The van der Waals surface area contributed by atoms with Crippen LogP contribution in [0.1, 0.15) is 0 Å². The van der Waals surface area contributed by atoms with Crippen LogP contribution in [0.3, 0.4) is 0 Å². The molecule has 0 radical (unpaired) electrons. The van der Waals surface area contributed by atoms with Gasteiger partial charge in [-0.1, -0.05) is 340 Å². The number of para-hydroxylation sites is 3. The van der Waals surface area contributed by atoms with Crippen LogP contribution in [0.2, 0.25) is 0 Å². The molecule has 0 amide bonds. The minimum absolute atomic E-state index is 0.652. The lowest BCUT2D eigenvalue weighted by atomic mass is 9.86. The second kappa shape index (κ2) is 31.6. The monoisotopic (exact) mass is 1680 g/mol. The number of nitrogens with zero attached hydrogens (tertiary/aromatic N) is 6. The zero-order chi connectivity index (χ0) is 88.3. The SMILES string of the molecule is [C-]#[N+]c1ccc2c(c1)c1ccc(-c3cc4c5ccccc5c(-c5cccc6ccccc56)cc4c4ccccc34)cc1n2-c1ccccc1.[C-]#[N+]c1ccc2c(c1)c1ccc(-c3cc4c5ccccc5c(-c5ccccc5)cc4c4ccccc34)cc1n2-c1ccccc1.[C-]#[N+]c1ccc2c(c1)c1ccc(-c3cc4c5ccccc5ccc4c4ccccc34)cc1n2-c1ccccc1. The summed E-state index contributed by atoms with van der Waals surface area (Å²) in [5.74, 6) is 0. The van der Waals surface area contributed by atoms with E-state index in [4.69, 9.17) is 19.7 Å². The van der Waals surface area contributed by atoms with Crippen molar-refractivity contribution in [3.05, 3.63) is 495 Å². The van der Waals surface area contributed by atoms with Crippen LogP contribution in [0.5, 0.6) is 0 Å².